The van der Waals surface area contributed by atoms with Gasteiger partial charge in [-0.05, 0) is 30.8 Å². The molecule has 0 atom stereocenters. The Morgan fingerprint density at radius 3 is 2.79 bits per heavy atom. The Morgan fingerprint density at radius 2 is 2.16 bits per heavy atom. The average Bonchev–Trinajstić information content (AvgIpc) is 2.86. The lowest BCUT2D eigenvalue weighted by molar-refractivity contribution is 0.102. The van der Waals surface area contributed by atoms with E-state index in [2.05, 4.69) is 10.3 Å². The molecule has 0 saturated heterocycles. The number of nitrogens with two attached hydrogens (primary N) is 1. The summed E-state index contributed by atoms with van der Waals surface area (Å²) in [5, 5.41) is 2.58. The minimum Gasteiger partial charge on any atom is -0.497 e. The molecule has 1 heterocycles. The van der Waals surface area contributed by atoms with Crippen molar-refractivity contribution in [1.82, 2.24) is 4.98 Å². The van der Waals surface area contributed by atoms with E-state index >= 15 is 0 Å². The fraction of sp³-hybridized carbons (Fsp3) is 0.231. The van der Waals surface area contributed by atoms with Crippen molar-refractivity contribution in [3.8, 4) is 5.75 Å². The topological polar surface area (TPSA) is 90.4 Å². The molecular weight excluding hydrogens is 246 g/mol. The number of nitrogens with one attached hydrogen (secondary N) is 1. The molecule has 6 nitrogen and oxygen atoms in total. The molecule has 0 spiro atoms. The summed E-state index contributed by atoms with van der Waals surface area (Å²) in [7, 11) is 1.57. The highest BCUT2D eigenvalue weighted by Crippen LogP contribution is 2.13. The minimum atomic E-state index is -0.288. The van der Waals surface area contributed by atoms with Gasteiger partial charge in [0.1, 0.15) is 12.0 Å². The quantitative estimate of drug-likeness (QED) is 0.849. The van der Waals surface area contributed by atoms with E-state index in [4.69, 9.17) is 14.9 Å². The van der Waals surface area contributed by atoms with Gasteiger partial charge in [-0.2, -0.15) is 4.98 Å². The zero-order chi connectivity index (χ0) is 13.7. The molecule has 1 aromatic carbocycles. The van der Waals surface area contributed by atoms with E-state index in [0.717, 1.165) is 0 Å². The highest BCUT2D eigenvalue weighted by molar-refractivity contribution is 6.03. The number of benzene rings is 1. The van der Waals surface area contributed by atoms with E-state index in [1.54, 1.807) is 31.4 Å². The summed E-state index contributed by atoms with van der Waals surface area (Å²) in [4.78, 5) is 16.0. The van der Waals surface area contributed by atoms with Crippen LogP contribution >= 0.6 is 0 Å². The molecule has 2 aromatic rings. The van der Waals surface area contributed by atoms with E-state index < -0.39 is 0 Å². The fourth-order valence-corrected chi connectivity index (χ4v) is 1.54. The minimum absolute atomic E-state index is 0.171. The first-order valence-corrected chi connectivity index (χ1v) is 5.83. The number of hydrogen-bond donors (Lipinski definition) is 2. The van der Waals surface area contributed by atoms with Crippen LogP contribution in [0.25, 0.3) is 0 Å². The molecule has 2 rings (SSSR count). The normalized spacial score (nSPS) is 10.2. The van der Waals surface area contributed by atoms with E-state index in [1.807, 2.05) is 0 Å². The number of aromatic nitrogens is 1. The summed E-state index contributed by atoms with van der Waals surface area (Å²) in [5.74, 6) is 0.404. The second kappa shape index (κ2) is 6.01. The SMILES string of the molecule is COc1ccc(C(=O)Nc2nc(CCN)co2)cc1. The molecule has 0 aliphatic heterocycles. The number of amides is 1. The first-order valence-electron chi connectivity index (χ1n) is 5.83. The highest BCUT2D eigenvalue weighted by atomic mass is 16.5. The zero-order valence-electron chi connectivity index (χ0n) is 10.6. The van der Waals surface area contributed by atoms with Gasteiger partial charge in [-0.1, -0.05) is 0 Å². The van der Waals surface area contributed by atoms with E-state index in [0.29, 0.717) is 30.0 Å². The van der Waals surface area contributed by atoms with Crippen molar-refractivity contribution < 1.29 is 13.9 Å². The smallest absolute Gasteiger partial charge is 0.301 e. The Bertz CT molecular complexity index is 549. The Morgan fingerprint density at radius 1 is 1.42 bits per heavy atom. The molecule has 1 amide bonds. The third-order valence-electron chi connectivity index (χ3n) is 2.52. The molecular formula is C13H15N3O3. The maximum atomic E-state index is 11.9. The average molecular weight is 261 g/mol. The van der Waals surface area contributed by atoms with Crippen LogP contribution in [-0.2, 0) is 6.42 Å². The van der Waals surface area contributed by atoms with Crippen LogP contribution in [0.2, 0.25) is 0 Å². The maximum Gasteiger partial charge on any atom is 0.301 e. The third kappa shape index (κ3) is 3.32. The molecule has 0 bridgehead atoms. The van der Waals surface area contributed by atoms with Gasteiger partial charge in [0, 0.05) is 12.0 Å². The lowest BCUT2D eigenvalue weighted by Gasteiger charge is -2.02. The molecule has 1 aromatic heterocycles. The van der Waals surface area contributed by atoms with Crippen LogP contribution in [0.1, 0.15) is 16.1 Å². The van der Waals surface area contributed by atoms with Crippen molar-refractivity contribution in [2.75, 3.05) is 19.0 Å². The highest BCUT2D eigenvalue weighted by Gasteiger charge is 2.10. The van der Waals surface area contributed by atoms with Gasteiger partial charge in [0.05, 0.1) is 12.8 Å². The maximum absolute atomic E-state index is 11.9. The molecule has 3 N–H and O–H groups in total. The van der Waals surface area contributed by atoms with Gasteiger partial charge >= 0.3 is 6.01 Å². The number of carbonyl (C=O) groups is 1. The van der Waals surface area contributed by atoms with Crippen molar-refractivity contribution >= 4 is 11.9 Å². The standard InChI is InChI=1S/C13H15N3O3/c1-18-11-4-2-9(3-5-11)12(17)16-13-15-10(6-7-14)8-19-13/h2-5,8H,6-7,14H2,1H3,(H,15,16,17). The van der Waals surface area contributed by atoms with Crippen LogP contribution in [0, 0.1) is 0 Å². The summed E-state index contributed by atoms with van der Waals surface area (Å²) >= 11 is 0. The monoisotopic (exact) mass is 261 g/mol. The van der Waals surface area contributed by atoms with Crippen molar-refractivity contribution in [1.29, 1.82) is 0 Å². The number of ether oxygens (including phenoxy) is 1. The number of nitrogens with zero attached hydrogens (tertiary/aromatic N) is 1. The van der Waals surface area contributed by atoms with Crippen molar-refractivity contribution in [2.45, 2.75) is 6.42 Å². The number of rotatable bonds is 5. The van der Waals surface area contributed by atoms with Crippen molar-refractivity contribution in [3.63, 3.8) is 0 Å². The van der Waals surface area contributed by atoms with E-state index in [-0.39, 0.29) is 11.9 Å². The number of oxazole rings is 1. The van der Waals surface area contributed by atoms with Crippen molar-refractivity contribution in [2.24, 2.45) is 5.73 Å². The van der Waals surface area contributed by atoms with Crippen LogP contribution in [-0.4, -0.2) is 24.5 Å². The molecule has 100 valence electrons. The van der Waals surface area contributed by atoms with Gasteiger partial charge in [-0.15, -0.1) is 0 Å². The van der Waals surface area contributed by atoms with Gasteiger partial charge in [0.25, 0.3) is 5.91 Å². The van der Waals surface area contributed by atoms with Crippen LogP contribution in [0.3, 0.4) is 0 Å². The van der Waals surface area contributed by atoms with Gasteiger partial charge in [-0.25, -0.2) is 0 Å². The van der Waals surface area contributed by atoms with Crippen LogP contribution in [0.15, 0.2) is 34.9 Å². The predicted molar refractivity (Wildman–Crippen MR) is 70.2 cm³/mol. The molecule has 0 aliphatic carbocycles. The molecule has 6 heteroatoms. The first-order chi connectivity index (χ1) is 9.22. The fourth-order valence-electron chi connectivity index (χ4n) is 1.54. The molecule has 19 heavy (non-hydrogen) atoms. The third-order valence-corrected chi connectivity index (χ3v) is 2.52. The Labute approximate surface area is 110 Å². The van der Waals surface area contributed by atoms with Gasteiger partial charge in [0.2, 0.25) is 0 Å². The lowest BCUT2D eigenvalue weighted by atomic mass is 10.2. The summed E-state index contributed by atoms with van der Waals surface area (Å²) in [6, 6.07) is 6.93. The van der Waals surface area contributed by atoms with Crippen LogP contribution < -0.4 is 15.8 Å². The molecule has 0 fully saturated rings. The number of carbonyl (C=O) groups excluding carboxylic acids is 1. The Kier molecular flexibility index (Phi) is 4.15. The van der Waals surface area contributed by atoms with Crippen molar-refractivity contribution in [3.05, 3.63) is 41.8 Å². The summed E-state index contributed by atoms with van der Waals surface area (Å²) in [6.45, 7) is 0.485. The largest absolute Gasteiger partial charge is 0.497 e. The summed E-state index contributed by atoms with van der Waals surface area (Å²) in [5.41, 5.74) is 6.62. The van der Waals surface area contributed by atoms with Crippen LogP contribution in [0.5, 0.6) is 5.75 Å². The number of anilines is 1. The lowest BCUT2D eigenvalue weighted by Crippen LogP contribution is -2.12. The molecule has 0 radical (unpaired) electrons. The van der Waals surface area contributed by atoms with Gasteiger partial charge in [0.15, 0.2) is 0 Å². The van der Waals surface area contributed by atoms with E-state index in [9.17, 15) is 4.79 Å². The van der Waals surface area contributed by atoms with E-state index in [1.165, 1.54) is 6.26 Å². The summed E-state index contributed by atoms with van der Waals surface area (Å²) < 4.78 is 10.2. The Balaban J connectivity index is 2.02. The van der Waals surface area contributed by atoms with Gasteiger partial charge < -0.3 is 14.9 Å². The number of hydrogen-bond acceptors (Lipinski definition) is 5. The Hall–Kier alpha value is -2.34. The molecule has 0 unspecified atom stereocenters. The second-order valence-corrected chi connectivity index (χ2v) is 3.87. The zero-order valence-corrected chi connectivity index (χ0v) is 10.6. The summed E-state index contributed by atoms with van der Waals surface area (Å²) in [6.07, 6.45) is 2.10. The molecule has 0 aliphatic rings. The predicted octanol–water partition coefficient (Wildman–Crippen LogP) is 1.44. The first kappa shape index (κ1) is 13.1. The second-order valence-electron chi connectivity index (χ2n) is 3.87. The molecule has 0 saturated carbocycles. The number of methoxy groups -OCH3 is 1. The van der Waals surface area contributed by atoms with Crippen LogP contribution in [0.4, 0.5) is 6.01 Å². The van der Waals surface area contributed by atoms with Gasteiger partial charge in [-0.3, -0.25) is 10.1 Å².